The van der Waals surface area contributed by atoms with Crippen LogP contribution >= 0.6 is 0 Å². The third-order valence-corrected chi connectivity index (χ3v) is 4.95. The number of aromatic nitrogens is 4. The Labute approximate surface area is 156 Å². The molecular weight excluding hydrogens is 340 g/mol. The van der Waals surface area contributed by atoms with Crippen LogP contribution in [-0.4, -0.2) is 45.8 Å². The molecule has 5 rings (SSSR count). The van der Waals surface area contributed by atoms with Crippen LogP contribution in [0.3, 0.4) is 0 Å². The Bertz CT molecular complexity index is 1120. The number of benzene rings is 2. The number of fused-ring (bicyclic) bond motifs is 2. The molecule has 0 radical (unpaired) electrons. The zero-order valence-electron chi connectivity index (χ0n) is 14.9. The molecule has 0 atom stereocenters. The van der Waals surface area contributed by atoms with Gasteiger partial charge in [-0.3, -0.25) is 0 Å². The van der Waals surface area contributed by atoms with Crippen molar-refractivity contribution in [3.8, 4) is 0 Å². The first kappa shape index (κ1) is 16.0. The standard InChI is InChI=1S/C20H20N6O/c21-18-17-19(24-20(23-18)25-7-9-27-10-8-25)22-13-26(17)12-14-5-6-15-3-1-2-4-16(15)11-14/h1-6,11,13H,7-10,12H2,(H2,21,23,24). The zero-order valence-corrected chi connectivity index (χ0v) is 14.9. The molecule has 0 spiro atoms. The van der Waals surface area contributed by atoms with E-state index < -0.39 is 0 Å². The maximum atomic E-state index is 6.28. The number of nitrogens with two attached hydrogens (primary N) is 1. The molecule has 0 amide bonds. The highest BCUT2D eigenvalue weighted by atomic mass is 16.5. The normalized spacial score (nSPS) is 14.9. The minimum absolute atomic E-state index is 0.458. The third-order valence-electron chi connectivity index (χ3n) is 4.95. The van der Waals surface area contributed by atoms with Gasteiger partial charge in [0.15, 0.2) is 11.5 Å². The van der Waals surface area contributed by atoms with Crippen molar-refractivity contribution in [2.75, 3.05) is 36.9 Å². The fourth-order valence-corrected chi connectivity index (χ4v) is 3.55. The molecule has 7 heteroatoms. The highest BCUT2D eigenvalue weighted by Gasteiger charge is 2.18. The van der Waals surface area contributed by atoms with E-state index in [1.807, 2.05) is 4.57 Å². The number of hydrogen-bond donors (Lipinski definition) is 1. The number of hydrogen-bond acceptors (Lipinski definition) is 6. The van der Waals surface area contributed by atoms with Gasteiger partial charge in [0, 0.05) is 19.6 Å². The van der Waals surface area contributed by atoms with Crippen LogP contribution in [0.1, 0.15) is 5.56 Å². The highest BCUT2D eigenvalue weighted by Crippen LogP contribution is 2.23. The summed E-state index contributed by atoms with van der Waals surface area (Å²) in [7, 11) is 0. The zero-order chi connectivity index (χ0) is 18.2. The molecule has 2 N–H and O–H groups in total. The van der Waals surface area contributed by atoms with Crippen molar-refractivity contribution in [3.63, 3.8) is 0 Å². The summed E-state index contributed by atoms with van der Waals surface area (Å²) in [5.41, 5.74) is 8.88. The molecule has 4 aromatic rings. The fourth-order valence-electron chi connectivity index (χ4n) is 3.55. The van der Waals surface area contributed by atoms with Crippen LogP contribution in [0.25, 0.3) is 21.9 Å². The van der Waals surface area contributed by atoms with E-state index in [9.17, 15) is 0 Å². The Morgan fingerprint density at radius 1 is 1.00 bits per heavy atom. The van der Waals surface area contributed by atoms with Crippen molar-refractivity contribution < 1.29 is 4.74 Å². The molecule has 1 saturated heterocycles. The maximum absolute atomic E-state index is 6.28. The van der Waals surface area contributed by atoms with E-state index in [1.165, 1.54) is 16.3 Å². The summed E-state index contributed by atoms with van der Waals surface area (Å²) in [6, 6.07) is 14.8. The second-order valence-electron chi connectivity index (χ2n) is 6.73. The Hall–Kier alpha value is -3.19. The van der Waals surface area contributed by atoms with E-state index in [0.29, 0.717) is 37.2 Å². The summed E-state index contributed by atoms with van der Waals surface area (Å²) in [6.07, 6.45) is 1.79. The minimum Gasteiger partial charge on any atom is -0.382 e. The number of anilines is 2. The van der Waals surface area contributed by atoms with Crippen molar-refractivity contribution in [2.45, 2.75) is 6.54 Å². The topological polar surface area (TPSA) is 82.1 Å². The Kier molecular flexibility index (Phi) is 3.86. The second kappa shape index (κ2) is 6.51. The van der Waals surface area contributed by atoms with Gasteiger partial charge in [-0.05, 0) is 22.4 Å². The SMILES string of the molecule is Nc1nc(N2CCOCC2)nc2ncn(Cc3ccc4ccccc4c3)c12. The number of imidazole rings is 1. The summed E-state index contributed by atoms with van der Waals surface area (Å²) in [4.78, 5) is 15.7. The van der Waals surface area contributed by atoms with Gasteiger partial charge in [-0.1, -0.05) is 36.4 Å². The summed E-state index contributed by atoms with van der Waals surface area (Å²) < 4.78 is 7.40. The molecule has 27 heavy (non-hydrogen) atoms. The molecule has 0 aliphatic carbocycles. The quantitative estimate of drug-likeness (QED) is 0.604. The first-order valence-corrected chi connectivity index (χ1v) is 9.07. The second-order valence-corrected chi connectivity index (χ2v) is 6.73. The van der Waals surface area contributed by atoms with Crippen LogP contribution < -0.4 is 10.6 Å². The fraction of sp³-hybridized carbons (Fsp3) is 0.250. The number of morpholine rings is 1. The predicted molar refractivity (Wildman–Crippen MR) is 106 cm³/mol. The van der Waals surface area contributed by atoms with Crippen LogP contribution in [0.2, 0.25) is 0 Å². The lowest BCUT2D eigenvalue weighted by atomic mass is 10.1. The van der Waals surface area contributed by atoms with E-state index >= 15 is 0 Å². The Morgan fingerprint density at radius 3 is 2.67 bits per heavy atom. The molecule has 0 bridgehead atoms. The van der Waals surface area contributed by atoms with Gasteiger partial charge in [0.05, 0.1) is 19.5 Å². The predicted octanol–water partition coefficient (Wildman–Crippen LogP) is 2.45. The maximum Gasteiger partial charge on any atom is 0.229 e. The average Bonchev–Trinajstić information content (AvgIpc) is 3.12. The Morgan fingerprint density at radius 2 is 1.81 bits per heavy atom. The van der Waals surface area contributed by atoms with Gasteiger partial charge >= 0.3 is 0 Å². The lowest BCUT2D eigenvalue weighted by molar-refractivity contribution is 0.122. The molecule has 136 valence electrons. The molecule has 1 aliphatic heterocycles. The van der Waals surface area contributed by atoms with Gasteiger partial charge in [-0.25, -0.2) is 4.98 Å². The molecule has 1 aliphatic rings. The number of nitrogens with zero attached hydrogens (tertiary/aromatic N) is 5. The lowest BCUT2D eigenvalue weighted by Crippen LogP contribution is -2.37. The molecule has 2 aromatic heterocycles. The molecular formula is C20H20N6O. The van der Waals surface area contributed by atoms with Crippen molar-refractivity contribution in [1.82, 2.24) is 19.5 Å². The number of ether oxygens (including phenoxy) is 1. The van der Waals surface area contributed by atoms with Crippen LogP contribution in [0.15, 0.2) is 48.8 Å². The van der Waals surface area contributed by atoms with Crippen molar-refractivity contribution in [1.29, 1.82) is 0 Å². The number of rotatable bonds is 3. The molecule has 7 nitrogen and oxygen atoms in total. The van der Waals surface area contributed by atoms with E-state index in [2.05, 4.69) is 62.3 Å². The van der Waals surface area contributed by atoms with E-state index in [-0.39, 0.29) is 0 Å². The number of nitrogen functional groups attached to an aromatic ring is 1. The van der Waals surface area contributed by atoms with Crippen LogP contribution in [0.5, 0.6) is 0 Å². The van der Waals surface area contributed by atoms with Gasteiger partial charge in [-0.15, -0.1) is 0 Å². The van der Waals surface area contributed by atoms with Gasteiger partial charge in [0.1, 0.15) is 5.52 Å². The van der Waals surface area contributed by atoms with Gasteiger partial charge < -0.3 is 19.9 Å². The van der Waals surface area contributed by atoms with Gasteiger partial charge in [-0.2, -0.15) is 9.97 Å². The molecule has 3 heterocycles. The van der Waals surface area contributed by atoms with Crippen molar-refractivity contribution >= 4 is 33.7 Å². The van der Waals surface area contributed by atoms with Gasteiger partial charge in [0.2, 0.25) is 5.95 Å². The Balaban J connectivity index is 1.49. The van der Waals surface area contributed by atoms with E-state index in [0.717, 1.165) is 18.6 Å². The largest absolute Gasteiger partial charge is 0.382 e. The van der Waals surface area contributed by atoms with Crippen LogP contribution in [0.4, 0.5) is 11.8 Å². The first-order chi connectivity index (χ1) is 13.3. The van der Waals surface area contributed by atoms with E-state index in [4.69, 9.17) is 10.5 Å². The highest BCUT2D eigenvalue weighted by molar-refractivity contribution is 5.84. The smallest absolute Gasteiger partial charge is 0.229 e. The summed E-state index contributed by atoms with van der Waals surface area (Å²) in [5, 5.41) is 2.45. The monoisotopic (exact) mass is 360 g/mol. The molecule has 1 fully saturated rings. The third kappa shape index (κ3) is 2.96. The van der Waals surface area contributed by atoms with Crippen LogP contribution in [-0.2, 0) is 11.3 Å². The van der Waals surface area contributed by atoms with Gasteiger partial charge in [0.25, 0.3) is 0 Å². The van der Waals surface area contributed by atoms with Crippen LogP contribution in [0, 0.1) is 0 Å². The van der Waals surface area contributed by atoms with Crippen molar-refractivity contribution in [3.05, 3.63) is 54.4 Å². The summed E-state index contributed by atoms with van der Waals surface area (Å²) in [6.45, 7) is 3.56. The first-order valence-electron chi connectivity index (χ1n) is 9.07. The molecule has 0 saturated carbocycles. The molecule has 2 aromatic carbocycles. The summed E-state index contributed by atoms with van der Waals surface area (Å²) >= 11 is 0. The van der Waals surface area contributed by atoms with Crippen molar-refractivity contribution in [2.24, 2.45) is 0 Å². The summed E-state index contributed by atoms with van der Waals surface area (Å²) in [5.74, 6) is 1.08. The van der Waals surface area contributed by atoms with E-state index in [1.54, 1.807) is 6.33 Å². The lowest BCUT2D eigenvalue weighted by Gasteiger charge is -2.26. The average molecular weight is 360 g/mol. The molecule has 0 unspecified atom stereocenters. The minimum atomic E-state index is 0.458.